The predicted octanol–water partition coefficient (Wildman–Crippen LogP) is 12.5. The molecule has 1 aliphatic heterocycles. The molecule has 12 rings (SSSR count). The van der Waals surface area contributed by atoms with Crippen molar-refractivity contribution in [3.63, 3.8) is 0 Å². The number of fused-ring (bicyclic) bond motifs is 13. The third kappa shape index (κ3) is 4.99. The second kappa shape index (κ2) is 13.5. The highest BCUT2D eigenvalue weighted by atomic mass is 32.2. The quantitative estimate of drug-likeness (QED) is 0.176. The molecule has 10 aromatic rings. The minimum atomic E-state index is -0.592. The predicted molar refractivity (Wildman–Crippen MR) is 241 cm³/mol. The maximum Gasteiger partial charge on any atom is 0.164 e. The smallest absolute Gasteiger partial charge is 0.164 e. The van der Waals surface area contributed by atoms with E-state index < -0.39 is 5.41 Å². The first-order valence-electron chi connectivity index (χ1n) is 20.1. The van der Waals surface area contributed by atoms with Gasteiger partial charge in [0.05, 0.1) is 33.3 Å². The van der Waals surface area contributed by atoms with E-state index in [1.54, 1.807) is 0 Å². The zero-order valence-electron chi connectivity index (χ0n) is 32.4. The molecule has 1 aliphatic carbocycles. The molecule has 0 bridgehead atoms. The molecule has 0 unspecified atom stereocenters. The van der Waals surface area contributed by atoms with Crippen LogP contribution in [0.4, 0.5) is 0 Å². The molecule has 1 spiro atoms. The molecule has 3 heterocycles. The SMILES string of the molecule is N#Cc1cc(-c2nc(-c3ccccc3)nc(-c3ccccc3)n2)cc(C#N)c1-n1c2ccccc2c2ccc3c(c21)-c1ccccc1C31c2ccccc2Sc2ccccc21. The average Bonchev–Trinajstić information content (AvgIpc) is 3.82. The Hall–Kier alpha value is -8.10. The summed E-state index contributed by atoms with van der Waals surface area (Å²) in [5, 5.41) is 24.4. The van der Waals surface area contributed by atoms with Gasteiger partial charge in [0.15, 0.2) is 17.5 Å². The van der Waals surface area contributed by atoms with E-state index in [2.05, 4.69) is 120 Å². The minimum Gasteiger partial charge on any atom is -0.306 e. The second-order valence-corrected chi connectivity index (χ2v) is 16.4. The highest BCUT2D eigenvalue weighted by Gasteiger charge is 2.51. The van der Waals surface area contributed by atoms with E-state index in [9.17, 15) is 10.5 Å². The Morgan fingerprint density at radius 3 is 1.57 bits per heavy atom. The van der Waals surface area contributed by atoms with Crippen molar-refractivity contribution in [3.05, 3.63) is 215 Å². The normalized spacial score (nSPS) is 13.0. The van der Waals surface area contributed by atoms with Gasteiger partial charge in [0.2, 0.25) is 0 Å². The zero-order valence-corrected chi connectivity index (χ0v) is 33.2. The van der Waals surface area contributed by atoms with E-state index in [-0.39, 0.29) is 0 Å². The Morgan fingerprint density at radius 2 is 0.967 bits per heavy atom. The lowest BCUT2D eigenvalue weighted by molar-refractivity contribution is 0.723. The summed E-state index contributed by atoms with van der Waals surface area (Å²) < 4.78 is 2.16. The Balaban J connectivity index is 1.16. The van der Waals surface area contributed by atoms with Crippen molar-refractivity contribution in [2.24, 2.45) is 0 Å². The van der Waals surface area contributed by atoms with Crippen molar-refractivity contribution in [1.29, 1.82) is 10.5 Å². The van der Waals surface area contributed by atoms with Gasteiger partial charge in [-0.3, -0.25) is 0 Å². The first-order valence-corrected chi connectivity index (χ1v) is 20.9. The summed E-state index contributed by atoms with van der Waals surface area (Å²) >= 11 is 1.82. The zero-order chi connectivity index (χ0) is 40.7. The molecule has 7 heteroatoms. The van der Waals surface area contributed by atoms with Gasteiger partial charge in [-0.05, 0) is 58.1 Å². The third-order valence-corrected chi connectivity index (χ3v) is 13.3. The van der Waals surface area contributed by atoms with Gasteiger partial charge in [0.1, 0.15) is 12.1 Å². The highest BCUT2D eigenvalue weighted by molar-refractivity contribution is 7.99. The molecule has 61 heavy (non-hydrogen) atoms. The molecular weight excluding hydrogens is 765 g/mol. The maximum atomic E-state index is 11.2. The van der Waals surface area contributed by atoms with Crippen LogP contribution in [0.3, 0.4) is 0 Å². The van der Waals surface area contributed by atoms with E-state index in [0.29, 0.717) is 39.9 Å². The lowest BCUT2D eigenvalue weighted by Crippen LogP contribution is -2.31. The van der Waals surface area contributed by atoms with Crippen molar-refractivity contribution in [3.8, 4) is 63.1 Å². The molecule has 2 aromatic heterocycles. The lowest BCUT2D eigenvalue weighted by Gasteiger charge is -2.39. The summed E-state index contributed by atoms with van der Waals surface area (Å²) in [6.45, 7) is 0. The summed E-state index contributed by atoms with van der Waals surface area (Å²) in [6, 6.07) is 67.3. The van der Waals surface area contributed by atoms with Gasteiger partial charge in [0, 0.05) is 42.8 Å². The summed E-state index contributed by atoms with van der Waals surface area (Å²) in [4.78, 5) is 17.2. The van der Waals surface area contributed by atoms with Crippen LogP contribution >= 0.6 is 11.8 Å². The molecule has 6 nitrogen and oxygen atoms in total. The fourth-order valence-corrected chi connectivity index (χ4v) is 10.9. The Morgan fingerprint density at radius 1 is 0.459 bits per heavy atom. The van der Waals surface area contributed by atoms with Gasteiger partial charge >= 0.3 is 0 Å². The molecule has 0 N–H and O–H groups in total. The van der Waals surface area contributed by atoms with Gasteiger partial charge in [-0.25, -0.2) is 15.0 Å². The van der Waals surface area contributed by atoms with Crippen molar-refractivity contribution in [1.82, 2.24) is 19.5 Å². The van der Waals surface area contributed by atoms with Crippen molar-refractivity contribution >= 4 is 33.6 Å². The van der Waals surface area contributed by atoms with Crippen molar-refractivity contribution < 1.29 is 0 Å². The van der Waals surface area contributed by atoms with E-state index in [1.807, 2.05) is 90.6 Å². The van der Waals surface area contributed by atoms with Crippen molar-refractivity contribution in [2.75, 3.05) is 0 Å². The molecule has 0 atom stereocenters. The average molecular weight is 795 g/mol. The second-order valence-electron chi connectivity index (χ2n) is 15.3. The minimum absolute atomic E-state index is 0.336. The largest absolute Gasteiger partial charge is 0.306 e. The van der Waals surface area contributed by atoms with Crippen LogP contribution in [0.15, 0.2) is 192 Å². The monoisotopic (exact) mass is 794 g/mol. The fourth-order valence-electron chi connectivity index (χ4n) is 9.74. The molecule has 0 radical (unpaired) electrons. The van der Waals surface area contributed by atoms with E-state index in [4.69, 9.17) is 15.0 Å². The number of aromatic nitrogens is 4. The van der Waals surface area contributed by atoms with Crippen LogP contribution in [-0.4, -0.2) is 19.5 Å². The number of rotatable bonds is 4. The summed E-state index contributed by atoms with van der Waals surface area (Å²) in [7, 11) is 0. The van der Waals surface area contributed by atoms with Gasteiger partial charge in [-0.1, -0.05) is 163 Å². The Kier molecular flexibility index (Phi) is 7.71. The fraction of sp³-hybridized carbons (Fsp3) is 0.0185. The molecule has 2 aliphatic rings. The van der Waals surface area contributed by atoms with E-state index in [0.717, 1.165) is 44.1 Å². The van der Waals surface area contributed by atoms with Crippen LogP contribution in [0.5, 0.6) is 0 Å². The number of benzene rings is 8. The van der Waals surface area contributed by atoms with E-state index >= 15 is 0 Å². The number of hydrogen-bond acceptors (Lipinski definition) is 6. The first-order chi connectivity index (χ1) is 30.2. The number of para-hydroxylation sites is 1. The van der Waals surface area contributed by atoms with Crippen LogP contribution in [0.25, 0.3) is 72.8 Å². The van der Waals surface area contributed by atoms with Gasteiger partial charge in [0.25, 0.3) is 0 Å². The van der Waals surface area contributed by atoms with Gasteiger partial charge in [-0.15, -0.1) is 0 Å². The molecule has 0 fully saturated rings. The molecular formula is C54H30N6S. The number of nitrogens with zero attached hydrogens (tertiary/aromatic N) is 6. The standard InChI is InChI=1S/C54H30N6S/c55-31-36-29-35(53-58-51(33-15-3-1-4-16-33)57-52(59-53)34-17-5-2-6-18-34)30-37(32-56)49(36)60-45-24-12-8-19-38(45)39-27-28-44-48(50(39)60)40-20-7-9-21-41(40)54(44)42-22-10-13-25-46(42)61-47-26-14-11-23-43(47)54/h1-30H. The van der Waals surface area contributed by atoms with Gasteiger partial charge < -0.3 is 4.57 Å². The Bertz CT molecular complexity index is 3400. The number of nitriles is 2. The molecule has 0 saturated carbocycles. The summed E-state index contributed by atoms with van der Waals surface area (Å²) in [6.07, 6.45) is 0. The molecule has 0 amide bonds. The van der Waals surface area contributed by atoms with E-state index in [1.165, 1.54) is 32.0 Å². The topological polar surface area (TPSA) is 91.2 Å². The summed E-state index contributed by atoms with van der Waals surface area (Å²) in [5.74, 6) is 1.37. The Labute approximate surface area is 355 Å². The van der Waals surface area contributed by atoms with Crippen LogP contribution < -0.4 is 0 Å². The maximum absolute atomic E-state index is 11.2. The highest BCUT2D eigenvalue weighted by Crippen LogP contribution is 2.63. The van der Waals surface area contributed by atoms with Gasteiger partial charge in [-0.2, -0.15) is 10.5 Å². The lowest BCUT2D eigenvalue weighted by atomic mass is 9.67. The third-order valence-electron chi connectivity index (χ3n) is 12.2. The molecule has 8 aromatic carbocycles. The first kappa shape index (κ1) is 34.9. The molecule has 0 saturated heterocycles. The molecule has 282 valence electrons. The van der Waals surface area contributed by atoms with Crippen LogP contribution in [0.2, 0.25) is 0 Å². The number of hydrogen-bond donors (Lipinski definition) is 0. The summed E-state index contributed by atoms with van der Waals surface area (Å²) in [5.41, 5.74) is 11.8. The van der Waals surface area contributed by atoms with Crippen LogP contribution in [0.1, 0.15) is 33.4 Å². The van der Waals surface area contributed by atoms with Crippen LogP contribution in [0, 0.1) is 22.7 Å². The van der Waals surface area contributed by atoms with Crippen molar-refractivity contribution in [2.45, 2.75) is 15.2 Å². The van der Waals surface area contributed by atoms with Crippen LogP contribution in [-0.2, 0) is 5.41 Å².